The van der Waals surface area contributed by atoms with E-state index < -0.39 is 0 Å². The summed E-state index contributed by atoms with van der Waals surface area (Å²) in [6.45, 7) is 4.37. The topological polar surface area (TPSA) is 58.5 Å². The molecule has 2 unspecified atom stereocenters. The summed E-state index contributed by atoms with van der Waals surface area (Å²) in [5.74, 6) is 0. The SMILES string of the molecule is Cc1cc(N2CCCC2C2CCCN2c2ccc(N)cc2)ccc1N. The fourth-order valence-electron chi connectivity index (χ4n) is 4.53. The summed E-state index contributed by atoms with van der Waals surface area (Å²) in [4.78, 5) is 5.19. The van der Waals surface area contributed by atoms with Crippen molar-refractivity contribution in [3.8, 4) is 0 Å². The maximum absolute atomic E-state index is 6.02. The van der Waals surface area contributed by atoms with Crippen LogP contribution in [0.2, 0.25) is 0 Å². The van der Waals surface area contributed by atoms with Crippen molar-refractivity contribution in [2.75, 3.05) is 34.4 Å². The van der Waals surface area contributed by atoms with Gasteiger partial charge in [-0.25, -0.2) is 0 Å². The van der Waals surface area contributed by atoms with Gasteiger partial charge >= 0.3 is 0 Å². The van der Waals surface area contributed by atoms with E-state index in [1.54, 1.807) is 0 Å². The third-order valence-corrected chi connectivity index (χ3v) is 5.85. The number of hydrogen-bond donors (Lipinski definition) is 2. The van der Waals surface area contributed by atoms with Crippen molar-refractivity contribution >= 4 is 22.7 Å². The molecule has 132 valence electrons. The van der Waals surface area contributed by atoms with E-state index >= 15 is 0 Å². The second-order valence-corrected chi connectivity index (χ2v) is 7.44. The number of aryl methyl sites for hydroxylation is 1. The van der Waals surface area contributed by atoms with Crippen LogP contribution >= 0.6 is 0 Å². The van der Waals surface area contributed by atoms with E-state index in [1.807, 2.05) is 18.2 Å². The van der Waals surface area contributed by atoms with E-state index in [9.17, 15) is 0 Å². The molecule has 0 aromatic heterocycles. The average Bonchev–Trinajstić information content (AvgIpc) is 3.26. The first kappa shape index (κ1) is 16.1. The molecule has 4 heteroatoms. The number of nitrogen functional groups attached to an aromatic ring is 2. The largest absolute Gasteiger partial charge is 0.399 e. The van der Waals surface area contributed by atoms with Gasteiger partial charge in [-0.1, -0.05) is 0 Å². The van der Waals surface area contributed by atoms with Gasteiger partial charge in [0.1, 0.15) is 0 Å². The molecule has 2 aromatic carbocycles. The summed E-state index contributed by atoms with van der Waals surface area (Å²) < 4.78 is 0. The second kappa shape index (κ2) is 6.51. The number of hydrogen-bond acceptors (Lipinski definition) is 4. The van der Waals surface area contributed by atoms with Crippen molar-refractivity contribution < 1.29 is 0 Å². The molecule has 0 amide bonds. The molecule has 2 saturated heterocycles. The Morgan fingerprint density at radius 1 is 0.800 bits per heavy atom. The molecule has 2 fully saturated rings. The van der Waals surface area contributed by atoms with Gasteiger partial charge in [-0.05, 0) is 80.6 Å². The van der Waals surface area contributed by atoms with E-state index in [-0.39, 0.29) is 0 Å². The Bertz CT molecular complexity index is 740. The average molecular weight is 336 g/mol. The normalized spacial score (nSPS) is 23.4. The molecule has 2 atom stereocenters. The van der Waals surface area contributed by atoms with Gasteiger partial charge in [0, 0.05) is 47.9 Å². The van der Waals surface area contributed by atoms with Gasteiger partial charge in [0.05, 0.1) is 0 Å². The molecule has 2 aliphatic rings. The minimum atomic E-state index is 0.572. The van der Waals surface area contributed by atoms with Crippen molar-refractivity contribution in [1.29, 1.82) is 0 Å². The Morgan fingerprint density at radius 2 is 1.36 bits per heavy atom. The van der Waals surface area contributed by atoms with Gasteiger partial charge in [-0.2, -0.15) is 0 Å². The van der Waals surface area contributed by atoms with Crippen LogP contribution in [0.1, 0.15) is 31.2 Å². The molecule has 0 saturated carbocycles. The van der Waals surface area contributed by atoms with Crippen LogP contribution in [0.15, 0.2) is 42.5 Å². The first-order valence-electron chi connectivity index (χ1n) is 9.38. The molecule has 4 N–H and O–H groups in total. The summed E-state index contributed by atoms with van der Waals surface area (Å²) >= 11 is 0. The van der Waals surface area contributed by atoms with Crippen LogP contribution in [-0.2, 0) is 0 Å². The Hall–Kier alpha value is -2.36. The van der Waals surface area contributed by atoms with Crippen molar-refractivity contribution in [3.63, 3.8) is 0 Å². The van der Waals surface area contributed by atoms with Crippen LogP contribution in [0.4, 0.5) is 22.7 Å². The zero-order valence-electron chi connectivity index (χ0n) is 15.0. The number of anilines is 4. The minimum absolute atomic E-state index is 0.572. The summed E-state index contributed by atoms with van der Waals surface area (Å²) in [6.07, 6.45) is 5.05. The van der Waals surface area contributed by atoms with E-state index in [2.05, 4.69) is 41.0 Å². The summed E-state index contributed by atoms with van der Waals surface area (Å²) in [6, 6.07) is 16.0. The molecule has 0 aliphatic carbocycles. The third-order valence-electron chi connectivity index (χ3n) is 5.85. The summed E-state index contributed by atoms with van der Waals surface area (Å²) in [5, 5.41) is 0. The van der Waals surface area contributed by atoms with E-state index in [0.29, 0.717) is 12.1 Å². The summed E-state index contributed by atoms with van der Waals surface area (Å²) in [7, 11) is 0. The molecule has 0 radical (unpaired) electrons. The van der Waals surface area contributed by atoms with Crippen LogP contribution < -0.4 is 21.3 Å². The lowest BCUT2D eigenvalue weighted by Gasteiger charge is -2.37. The Labute approximate surface area is 150 Å². The lowest BCUT2D eigenvalue weighted by molar-refractivity contribution is 0.521. The highest BCUT2D eigenvalue weighted by molar-refractivity contribution is 5.60. The van der Waals surface area contributed by atoms with E-state index in [4.69, 9.17) is 11.5 Å². The standard InChI is InChI=1S/C21H28N4/c1-15-14-18(10-11-19(15)23)25-13-3-5-21(25)20-4-2-12-24(20)17-8-6-16(22)7-9-17/h6-11,14,20-21H,2-5,12-13,22-23H2,1H3. The van der Waals surface area contributed by atoms with Crippen molar-refractivity contribution in [3.05, 3.63) is 48.0 Å². The van der Waals surface area contributed by atoms with E-state index in [0.717, 1.165) is 24.5 Å². The molecule has 4 nitrogen and oxygen atoms in total. The Kier molecular flexibility index (Phi) is 4.20. The van der Waals surface area contributed by atoms with Crippen LogP contribution in [0.3, 0.4) is 0 Å². The van der Waals surface area contributed by atoms with Crippen molar-refractivity contribution in [1.82, 2.24) is 0 Å². The van der Waals surface area contributed by atoms with Gasteiger partial charge in [-0.15, -0.1) is 0 Å². The van der Waals surface area contributed by atoms with Gasteiger partial charge in [0.15, 0.2) is 0 Å². The van der Waals surface area contributed by atoms with Crippen LogP contribution in [0.5, 0.6) is 0 Å². The first-order chi connectivity index (χ1) is 12.1. The fourth-order valence-corrected chi connectivity index (χ4v) is 4.53. The van der Waals surface area contributed by atoms with Crippen molar-refractivity contribution in [2.24, 2.45) is 0 Å². The highest BCUT2D eigenvalue weighted by Crippen LogP contribution is 2.36. The second-order valence-electron chi connectivity index (χ2n) is 7.44. The molecule has 25 heavy (non-hydrogen) atoms. The minimum Gasteiger partial charge on any atom is -0.399 e. The summed E-state index contributed by atoms with van der Waals surface area (Å²) in [5.41, 5.74) is 17.4. The van der Waals surface area contributed by atoms with Gasteiger partial charge in [0.25, 0.3) is 0 Å². The number of rotatable bonds is 3. The molecule has 2 aliphatic heterocycles. The predicted octanol–water partition coefficient (Wildman–Crippen LogP) is 3.80. The highest BCUT2D eigenvalue weighted by Gasteiger charge is 2.38. The van der Waals surface area contributed by atoms with Crippen LogP contribution in [0, 0.1) is 6.92 Å². The number of nitrogens with zero attached hydrogens (tertiary/aromatic N) is 2. The monoisotopic (exact) mass is 336 g/mol. The van der Waals surface area contributed by atoms with Gasteiger partial charge in [0.2, 0.25) is 0 Å². The predicted molar refractivity (Wildman–Crippen MR) is 107 cm³/mol. The smallest absolute Gasteiger partial charge is 0.0494 e. The fraction of sp³-hybridized carbons (Fsp3) is 0.429. The van der Waals surface area contributed by atoms with Gasteiger partial charge < -0.3 is 21.3 Å². The molecule has 4 rings (SSSR count). The molecule has 2 aromatic rings. The molecule has 0 bridgehead atoms. The maximum atomic E-state index is 6.02. The van der Waals surface area contributed by atoms with Gasteiger partial charge in [-0.3, -0.25) is 0 Å². The quantitative estimate of drug-likeness (QED) is 0.837. The molecule has 0 spiro atoms. The zero-order chi connectivity index (χ0) is 17.4. The molecule has 2 heterocycles. The lowest BCUT2D eigenvalue weighted by atomic mass is 10.0. The number of benzene rings is 2. The molecular formula is C21H28N4. The highest BCUT2D eigenvalue weighted by atomic mass is 15.3. The van der Waals surface area contributed by atoms with Crippen LogP contribution in [0.25, 0.3) is 0 Å². The van der Waals surface area contributed by atoms with Crippen molar-refractivity contribution in [2.45, 2.75) is 44.7 Å². The molecular weight excluding hydrogens is 308 g/mol. The maximum Gasteiger partial charge on any atom is 0.0494 e. The van der Waals surface area contributed by atoms with E-state index in [1.165, 1.54) is 42.6 Å². The Balaban J connectivity index is 1.60. The third kappa shape index (κ3) is 3.01. The first-order valence-corrected chi connectivity index (χ1v) is 9.38. The zero-order valence-corrected chi connectivity index (χ0v) is 15.0. The Morgan fingerprint density at radius 3 is 1.96 bits per heavy atom. The van der Waals surface area contributed by atoms with Crippen LogP contribution in [-0.4, -0.2) is 25.2 Å². The number of nitrogens with two attached hydrogens (primary N) is 2. The lowest BCUT2D eigenvalue weighted by Crippen LogP contribution is -2.46.